The Morgan fingerprint density at radius 1 is 0.855 bits per heavy atom. The van der Waals surface area contributed by atoms with Crippen LogP contribution in [0.5, 0.6) is 11.5 Å². The lowest BCUT2D eigenvalue weighted by molar-refractivity contribution is -0.150. The maximum absolute atomic E-state index is 15.6. The van der Waals surface area contributed by atoms with Crippen LogP contribution in [0.1, 0.15) is 48.4 Å². The van der Waals surface area contributed by atoms with E-state index >= 15 is 4.79 Å². The Morgan fingerprint density at radius 2 is 1.53 bits per heavy atom. The number of aliphatic hydroxyl groups excluding tert-OH is 1. The minimum Gasteiger partial charge on any atom is -0.497 e. The van der Waals surface area contributed by atoms with Gasteiger partial charge in [-0.1, -0.05) is 110 Å². The van der Waals surface area contributed by atoms with Gasteiger partial charge in [-0.25, -0.2) is 5.01 Å². The van der Waals surface area contributed by atoms with Crippen LogP contribution in [0.4, 0.5) is 11.4 Å². The molecule has 12 heteroatoms. The van der Waals surface area contributed by atoms with Crippen molar-refractivity contribution >= 4 is 48.1 Å². The zero-order chi connectivity index (χ0) is 43.6. The van der Waals surface area contributed by atoms with E-state index in [1.165, 1.54) is 5.01 Å². The molecule has 320 valence electrons. The number of hydrogen-bond acceptors (Lipinski definition) is 8. The van der Waals surface area contributed by atoms with Gasteiger partial charge in [0.25, 0.3) is 5.91 Å². The van der Waals surface area contributed by atoms with Gasteiger partial charge in [0.2, 0.25) is 11.8 Å². The van der Waals surface area contributed by atoms with Gasteiger partial charge in [0.05, 0.1) is 65.1 Å². The quantitative estimate of drug-likeness (QED) is 0.116. The molecule has 0 aliphatic carbocycles. The van der Waals surface area contributed by atoms with Gasteiger partial charge in [-0.2, -0.15) is 5.10 Å². The molecule has 3 aliphatic heterocycles. The number of carbonyl (C=O) groups is 3. The Morgan fingerprint density at radius 3 is 2.23 bits per heavy atom. The first kappa shape index (κ1) is 42.6. The highest BCUT2D eigenvalue weighted by Crippen LogP contribution is 2.60. The fourth-order valence-electron chi connectivity index (χ4n) is 9.86. The van der Waals surface area contributed by atoms with Crippen molar-refractivity contribution in [3.05, 3.63) is 150 Å². The van der Waals surface area contributed by atoms with Crippen LogP contribution in [-0.4, -0.2) is 75.0 Å². The Balaban J connectivity index is 1.17. The van der Waals surface area contributed by atoms with Gasteiger partial charge in [-0.3, -0.25) is 14.4 Å². The normalized spacial score (nSPS) is 20.9. The van der Waals surface area contributed by atoms with Crippen LogP contribution in [0.25, 0.3) is 0 Å². The van der Waals surface area contributed by atoms with E-state index in [9.17, 15) is 14.7 Å². The van der Waals surface area contributed by atoms with Gasteiger partial charge in [0.1, 0.15) is 11.5 Å². The number of rotatable bonds is 14. The molecule has 4 atom stereocenters. The second-order valence-corrected chi connectivity index (χ2v) is 21.6. The summed E-state index contributed by atoms with van der Waals surface area (Å²) in [5, 5.41) is 17.5. The number of nitrogens with zero attached hydrogens (tertiary/aromatic N) is 4. The predicted octanol–water partition coefficient (Wildman–Crippen LogP) is 7.41. The van der Waals surface area contributed by atoms with E-state index in [0.29, 0.717) is 42.1 Å². The molecule has 8 rings (SSSR count). The largest absolute Gasteiger partial charge is 0.497 e. The summed E-state index contributed by atoms with van der Waals surface area (Å²) >= 11 is 0. The average Bonchev–Trinajstić information content (AvgIpc) is 3.72. The fourth-order valence-corrected chi connectivity index (χ4v) is 13.9. The van der Waals surface area contributed by atoms with Gasteiger partial charge in [0, 0.05) is 37.4 Å². The third kappa shape index (κ3) is 7.94. The Hall–Kier alpha value is -6.08. The number of benzene rings is 5. The van der Waals surface area contributed by atoms with Crippen LogP contribution in [0.3, 0.4) is 0 Å². The third-order valence-electron chi connectivity index (χ3n) is 13.0. The van der Waals surface area contributed by atoms with E-state index in [0.717, 1.165) is 33.3 Å². The molecular formula is C50H54N4O7Si. The van der Waals surface area contributed by atoms with Crippen molar-refractivity contribution in [1.82, 2.24) is 4.90 Å². The summed E-state index contributed by atoms with van der Waals surface area (Å²) in [7, 11) is 0.668. The average molecular weight is 851 g/mol. The Kier molecular flexibility index (Phi) is 12.2. The number of methoxy groups -OCH3 is 2. The molecule has 11 nitrogen and oxygen atoms in total. The van der Waals surface area contributed by atoms with Crippen molar-refractivity contribution < 1.29 is 33.7 Å². The summed E-state index contributed by atoms with van der Waals surface area (Å²) in [5.74, 6) is 0.505. The van der Waals surface area contributed by atoms with Gasteiger partial charge in [0.15, 0.2) is 5.60 Å². The molecule has 3 heterocycles. The van der Waals surface area contributed by atoms with E-state index in [1.807, 2.05) is 115 Å². The minimum atomic E-state index is -2.58. The lowest BCUT2D eigenvalue weighted by Gasteiger charge is -2.37. The molecule has 1 N–H and O–H groups in total. The molecule has 62 heavy (non-hydrogen) atoms. The van der Waals surface area contributed by atoms with Crippen molar-refractivity contribution in [1.29, 1.82) is 0 Å². The molecule has 0 aromatic heterocycles. The van der Waals surface area contributed by atoms with E-state index in [1.54, 1.807) is 24.0 Å². The SMILES string of the molecule is COc1ccc([Si](C)(C)[C@H]2[C@H](CC(=O)N(CCO)Cc3ccccc3)O[C@@]3(C(=O)N(Cc4cccc(N5N=C(c6ccccc6)CCC5=O)c4)c4ccc(OC)cc43)[C@@H]2C)cc1. The Bertz CT molecular complexity index is 2460. The smallest absolute Gasteiger partial charge is 0.264 e. The number of ether oxygens (including phenoxy) is 3. The summed E-state index contributed by atoms with van der Waals surface area (Å²) in [5.41, 5.74) is 3.97. The monoisotopic (exact) mass is 850 g/mol. The molecule has 1 fully saturated rings. The lowest BCUT2D eigenvalue weighted by Crippen LogP contribution is -2.52. The van der Waals surface area contributed by atoms with E-state index in [4.69, 9.17) is 19.3 Å². The van der Waals surface area contributed by atoms with Crippen molar-refractivity contribution in [3.63, 3.8) is 0 Å². The molecule has 5 aromatic rings. The van der Waals surface area contributed by atoms with Crippen LogP contribution in [0, 0.1) is 5.92 Å². The second kappa shape index (κ2) is 17.7. The lowest BCUT2D eigenvalue weighted by atomic mass is 9.82. The maximum atomic E-state index is 15.6. The van der Waals surface area contributed by atoms with E-state index < -0.39 is 19.8 Å². The molecule has 0 radical (unpaired) electrons. The molecule has 1 saturated heterocycles. The van der Waals surface area contributed by atoms with Crippen LogP contribution in [0.15, 0.2) is 132 Å². The van der Waals surface area contributed by atoms with Crippen molar-refractivity contribution in [2.24, 2.45) is 11.0 Å². The first-order chi connectivity index (χ1) is 30.0. The van der Waals surface area contributed by atoms with Gasteiger partial charge >= 0.3 is 0 Å². The van der Waals surface area contributed by atoms with Crippen LogP contribution >= 0.6 is 0 Å². The summed E-state index contributed by atoms with van der Waals surface area (Å²) in [6, 6.07) is 41.0. The highest BCUT2D eigenvalue weighted by molar-refractivity contribution is 6.91. The zero-order valence-corrected chi connectivity index (χ0v) is 37.0. The van der Waals surface area contributed by atoms with E-state index in [2.05, 4.69) is 32.2 Å². The molecule has 3 aliphatic rings. The molecule has 5 aromatic carbocycles. The topological polar surface area (TPSA) is 121 Å². The molecule has 0 bridgehead atoms. The number of hydrazone groups is 1. The highest BCUT2D eigenvalue weighted by atomic mass is 28.3. The molecule has 0 unspecified atom stereocenters. The van der Waals surface area contributed by atoms with Crippen molar-refractivity contribution in [2.75, 3.05) is 37.3 Å². The summed E-state index contributed by atoms with van der Waals surface area (Å²) in [6.45, 7) is 7.19. The zero-order valence-electron chi connectivity index (χ0n) is 36.0. The number of aliphatic hydroxyl groups is 1. The predicted molar refractivity (Wildman–Crippen MR) is 243 cm³/mol. The number of fused-ring (bicyclic) bond motifs is 2. The van der Waals surface area contributed by atoms with Gasteiger partial charge in [-0.15, -0.1) is 0 Å². The Labute approximate surface area is 364 Å². The third-order valence-corrected chi connectivity index (χ3v) is 17.4. The van der Waals surface area contributed by atoms with Crippen LogP contribution in [-0.2, 0) is 37.8 Å². The molecule has 1 spiro atoms. The molecular weight excluding hydrogens is 797 g/mol. The van der Waals surface area contributed by atoms with Crippen molar-refractivity contribution in [3.8, 4) is 11.5 Å². The number of carbonyl (C=O) groups excluding carboxylic acids is 3. The second-order valence-electron chi connectivity index (χ2n) is 16.9. The first-order valence-electron chi connectivity index (χ1n) is 21.3. The summed E-state index contributed by atoms with van der Waals surface area (Å²) in [6.07, 6.45) is 0.284. The first-order valence-corrected chi connectivity index (χ1v) is 24.4. The highest BCUT2D eigenvalue weighted by Gasteiger charge is 2.66. The fraction of sp³-hybridized carbons (Fsp3) is 0.320. The number of amides is 3. The summed E-state index contributed by atoms with van der Waals surface area (Å²) in [4.78, 5) is 46.9. The van der Waals surface area contributed by atoms with E-state index in [-0.39, 0.29) is 55.3 Å². The van der Waals surface area contributed by atoms with Crippen LogP contribution < -0.4 is 24.6 Å². The van der Waals surface area contributed by atoms with Gasteiger partial charge < -0.3 is 29.1 Å². The van der Waals surface area contributed by atoms with Crippen molar-refractivity contribution in [2.45, 2.75) is 69.6 Å². The standard InChI is InChI=1S/C50H54N4O7Si/c1-34-48(62(4,5)41-22-19-39(59-2)20-23-41)45(31-47(57)52(27-28-55)32-35-13-8-6-9-14-35)61-50(34)42-30-40(60-3)21-25-44(42)53(49(50)58)33-36-15-12-18-38(29-36)54-46(56)26-24-43(51-54)37-16-10-7-11-17-37/h6-23,25,29-30,34,45,48,55H,24,26-28,31-33H2,1-5H3/t34-,45+,48-,50+/m1/s1. The number of hydrogen-bond donors (Lipinski definition) is 1. The minimum absolute atomic E-state index is 0.0279. The van der Waals surface area contributed by atoms with Crippen LogP contribution in [0.2, 0.25) is 18.6 Å². The summed E-state index contributed by atoms with van der Waals surface area (Å²) < 4.78 is 18.6. The maximum Gasteiger partial charge on any atom is 0.264 e. The molecule has 0 saturated carbocycles. The number of anilines is 2. The molecule has 3 amide bonds. The van der Waals surface area contributed by atoms with Gasteiger partial charge in [-0.05, 0) is 64.7 Å².